The number of carbonyl (C=O) groups is 2. The summed E-state index contributed by atoms with van der Waals surface area (Å²) in [5.41, 5.74) is 2.29. The molecule has 2 amide bonds. The van der Waals surface area contributed by atoms with E-state index in [9.17, 15) is 9.59 Å². The Balaban J connectivity index is 1.67. The number of hydrogen-bond acceptors (Lipinski definition) is 3. The van der Waals surface area contributed by atoms with Gasteiger partial charge in [0.05, 0.1) is 10.6 Å². The fourth-order valence-corrected chi connectivity index (χ4v) is 3.98. The van der Waals surface area contributed by atoms with Gasteiger partial charge in [0.2, 0.25) is 0 Å². The summed E-state index contributed by atoms with van der Waals surface area (Å²) in [5.74, 6) is -0.337. The molecule has 0 radical (unpaired) electrons. The molecule has 1 aliphatic rings. The average Bonchev–Trinajstić information content (AvgIpc) is 3.22. The van der Waals surface area contributed by atoms with Gasteiger partial charge in [-0.1, -0.05) is 27.5 Å². The average molecular weight is 460 g/mol. The van der Waals surface area contributed by atoms with Gasteiger partial charge in [-0.05, 0) is 78.5 Å². The summed E-state index contributed by atoms with van der Waals surface area (Å²) in [5, 5.41) is 0.226. The largest absolute Gasteiger partial charge is 0.317 e. The van der Waals surface area contributed by atoms with Gasteiger partial charge in [0.25, 0.3) is 11.1 Å². The lowest BCUT2D eigenvalue weighted by molar-refractivity contribution is -0.113. The number of amides is 2. The van der Waals surface area contributed by atoms with E-state index in [2.05, 4.69) is 15.9 Å². The third-order valence-electron chi connectivity index (χ3n) is 4.04. The van der Waals surface area contributed by atoms with Crippen molar-refractivity contribution in [1.29, 1.82) is 0 Å². The van der Waals surface area contributed by atoms with E-state index in [0.29, 0.717) is 15.6 Å². The lowest BCUT2D eigenvalue weighted by Crippen LogP contribution is -2.27. The number of aromatic nitrogens is 1. The third kappa shape index (κ3) is 3.60. The highest BCUT2D eigenvalue weighted by molar-refractivity contribution is 9.10. The third-order valence-corrected chi connectivity index (χ3v) is 5.69. The van der Waals surface area contributed by atoms with E-state index < -0.39 is 0 Å². The van der Waals surface area contributed by atoms with E-state index in [0.717, 1.165) is 27.6 Å². The second kappa shape index (κ2) is 7.38. The number of carbonyl (C=O) groups excluding carboxylic acids is 2. The zero-order chi connectivity index (χ0) is 19.0. The first-order valence-corrected chi connectivity index (χ1v) is 9.98. The van der Waals surface area contributed by atoms with Gasteiger partial charge in [0, 0.05) is 27.1 Å². The molecule has 2 aromatic carbocycles. The van der Waals surface area contributed by atoms with Gasteiger partial charge in [-0.25, -0.2) is 4.90 Å². The predicted molar refractivity (Wildman–Crippen MR) is 113 cm³/mol. The number of anilines is 1. The standard InChI is InChI=1S/C20H12BrClN2O2S/c21-13-3-7-15(8-4-13)23-11-1-2-17(23)12-18-19(25)24(20(26)27-18)16-9-5-14(22)6-10-16/h1-12H/b18-12+. The maximum Gasteiger partial charge on any atom is 0.298 e. The van der Waals surface area contributed by atoms with Crippen LogP contribution in [0.1, 0.15) is 5.69 Å². The minimum atomic E-state index is -0.337. The van der Waals surface area contributed by atoms with Crippen LogP contribution in [0.15, 0.2) is 76.2 Å². The molecular formula is C20H12BrClN2O2S. The summed E-state index contributed by atoms with van der Waals surface area (Å²) < 4.78 is 2.95. The van der Waals surface area contributed by atoms with E-state index in [1.165, 1.54) is 4.90 Å². The van der Waals surface area contributed by atoms with E-state index in [1.807, 2.05) is 47.2 Å². The van der Waals surface area contributed by atoms with E-state index in [1.54, 1.807) is 30.3 Å². The molecule has 3 aromatic rings. The lowest BCUT2D eigenvalue weighted by Gasteiger charge is -2.12. The maximum absolute atomic E-state index is 12.8. The fourth-order valence-electron chi connectivity index (χ4n) is 2.76. The molecule has 1 saturated heterocycles. The van der Waals surface area contributed by atoms with Crippen LogP contribution < -0.4 is 4.90 Å². The monoisotopic (exact) mass is 458 g/mol. The molecule has 1 aromatic heterocycles. The molecule has 7 heteroatoms. The highest BCUT2D eigenvalue weighted by Gasteiger charge is 2.36. The summed E-state index contributed by atoms with van der Waals surface area (Å²) in [6.07, 6.45) is 3.65. The number of hydrogen-bond donors (Lipinski definition) is 0. The smallest absolute Gasteiger partial charge is 0.298 e. The van der Waals surface area contributed by atoms with Gasteiger partial charge in [0.15, 0.2) is 0 Å². The molecular weight excluding hydrogens is 448 g/mol. The molecule has 0 unspecified atom stereocenters. The molecule has 134 valence electrons. The molecule has 0 aliphatic carbocycles. The minimum Gasteiger partial charge on any atom is -0.317 e. The highest BCUT2D eigenvalue weighted by atomic mass is 79.9. The van der Waals surface area contributed by atoms with Crippen LogP contribution in [0.2, 0.25) is 5.02 Å². The van der Waals surface area contributed by atoms with Gasteiger partial charge in [-0.3, -0.25) is 9.59 Å². The molecule has 0 bridgehead atoms. The normalized spacial score (nSPS) is 15.8. The topological polar surface area (TPSA) is 42.3 Å². The van der Waals surface area contributed by atoms with Gasteiger partial charge in [-0.15, -0.1) is 0 Å². The Morgan fingerprint density at radius 1 is 0.926 bits per heavy atom. The second-order valence-corrected chi connectivity index (χ2v) is 8.12. The van der Waals surface area contributed by atoms with E-state index in [-0.39, 0.29) is 11.1 Å². The molecule has 0 spiro atoms. The van der Waals surface area contributed by atoms with Gasteiger partial charge in [-0.2, -0.15) is 0 Å². The van der Waals surface area contributed by atoms with E-state index >= 15 is 0 Å². The van der Waals surface area contributed by atoms with E-state index in [4.69, 9.17) is 11.6 Å². The van der Waals surface area contributed by atoms with Crippen LogP contribution in [0.4, 0.5) is 10.5 Å². The van der Waals surface area contributed by atoms with Crippen LogP contribution in [-0.2, 0) is 4.79 Å². The second-order valence-electron chi connectivity index (χ2n) is 5.77. The molecule has 1 aliphatic heterocycles. The number of benzene rings is 2. The first-order valence-electron chi connectivity index (χ1n) is 8.00. The molecule has 2 heterocycles. The first kappa shape index (κ1) is 18.1. The Morgan fingerprint density at radius 2 is 1.59 bits per heavy atom. The van der Waals surface area contributed by atoms with Crippen molar-refractivity contribution in [2.45, 2.75) is 0 Å². The van der Waals surface area contributed by atoms with Crippen LogP contribution in [0.5, 0.6) is 0 Å². The molecule has 0 saturated carbocycles. The van der Waals surface area contributed by atoms with Crippen molar-refractivity contribution < 1.29 is 9.59 Å². The lowest BCUT2D eigenvalue weighted by atomic mass is 10.2. The van der Waals surface area contributed by atoms with Crippen molar-refractivity contribution in [2.75, 3.05) is 4.90 Å². The van der Waals surface area contributed by atoms with Crippen LogP contribution in [-0.4, -0.2) is 15.7 Å². The van der Waals surface area contributed by atoms with Crippen molar-refractivity contribution in [2.24, 2.45) is 0 Å². The fraction of sp³-hybridized carbons (Fsp3) is 0. The van der Waals surface area contributed by atoms with Gasteiger partial charge >= 0.3 is 0 Å². The molecule has 0 atom stereocenters. The molecule has 4 nitrogen and oxygen atoms in total. The number of nitrogens with zero attached hydrogens (tertiary/aromatic N) is 2. The van der Waals surface area contributed by atoms with Crippen molar-refractivity contribution in [3.8, 4) is 5.69 Å². The Labute approximate surface area is 173 Å². The van der Waals surface area contributed by atoms with Crippen molar-refractivity contribution >= 4 is 62.2 Å². The zero-order valence-corrected chi connectivity index (χ0v) is 17.0. The highest BCUT2D eigenvalue weighted by Crippen LogP contribution is 2.36. The predicted octanol–water partition coefficient (Wildman–Crippen LogP) is 6.13. The summed E-state index contributed by atoms with van der Waals surface area (Å²) >= 11 is 10.2. The molecule has 4 rings (SSSR count). The number of thioether (sulfide) groups is 1. The summed E-state index contributed by atoms with van der Waals surface area (Å²) in [7, 11) is 0. The Kier molecular flexibility index (Phi) is 4.95. The van der Waals surface area contributed by atoms with Crippen molar-refractivity contribution in [3.63, 3.8) is 0 Å². The quantitative estimate of drug-likeness (QED) is 0.442. The van der Waals surface area contributed by atoms with Crippen molar-refractivity contribution in [3.05, 3.63) is 87.0 Å². The van der Waals surface area contributed by atoms with Gasteiger partial charge < -0.3 is 4.57 Å². The van der Waals surface area contributed by atoms with Crippen LogP contribution in [0, 0.1) is 0 Å². The van der Waals surface area contributed by atoms with Crippen LogP contribution >= 0.6 is 39.3 Å². The number of imide groups is 1. The van der Waals surface area contributed by atoms with Crippen LogP contribution in [0.3, 0.4) is 0 Å². The zero-order valence-electron chi connectivity index (χ0n) is 13.8. The summed E-state index contributed by atoms with van der Waals surface area (Å²) in [4.78, 5) is 26.7. The number of rotatable bonds is 3. The van der Waals surface area contributed by atoms with Crippen LogP contribution in [0.25, 0.3) is 11.8 Å². The summed E-state index contributed by atoms with van der Waals surface area (Å²) in [6, 6.07) is 18.3. The van der Waals surface area contributed by atoms with Crippen molar-refractivity contribution in [1.82, 2.24) is 4.57 Å². The molecule has 0 N–H and O–H groups in total. The summed E-state index contributed by atoms with van der Waals surface area (Å²) in [6.45, 7) is 0. The first-order chi connectivity index (χ1) is 13.0. The Morgan fingerprint density at radius 3 is 2.30 bits per heavy atom. The molecule has 27 heavy (non-hydrogen) atoms. The number of halogens is 2. The SMILES string of the molecule is O=C1S/C(=C/c2cccn2-c2ccc(Br)cc2)C(=O)N1c1ccc(Cl)cc1. The molecule has 1 fully saturated rings. The maximum atomic E-state index is 12.8. The Bertz CT molecular complexity index is 1060. The van der Waals surface area contributed by atoms with Gasteiger partial charge in [0.1, 0.15) is 0 Å². The minimum absolute atomic E-state index is 0.324. The Hall–Kier alpha value is -2.28.